The number of nitrogens with zero attached hydrogens (tertiary/aromatic N) is 2. The number of allylic oxidation sites excluding steroid dienone is 1. The first-order valence-corrected chi connectivity index (χ1v) is 8.78. The topological polar surface area (TPSA) is 61.2 Å². The van der Waals surface area contributed by atoms with Crippen molar-refractivity contribution in [1.29, 1.82) is 5.26 Å². The van der Waals surface area contributed by atoms with Crippen molar-refractivity contribution in [2.75, 3.05) is 11.9 Å². The van der Waals surface area contributed by atoms with Crippen LogP contribution in [0.15, 0.2) is 29.3 Å². The summed E-state index contributed by atoms with van der Waals surface area (Å²) < 4.78 is 101. The summed E-state index contributed by atoms with van der Waals surface area (Å²) >= 11 is 0. The molecule has 0 amide bonds. The van der Waals surface area contributed by atoms with Crippen LogP contribution in [0.3, 0.4) is 0 Å². The van der Waals surface area contributed by atoms with E-state index in [9.17, 15) is 34.8 Å². The molecule has 1 rings (SSSR count). The molecule has 150 valence electrons. The van der Waals surface area contributed by atoms with Gasteiger partial charge in [-0.3, -0.25) is 0 Å². The summed E-state index contributed by atoms with van der Waals surface area (Å²) in [6.07, 6.45) is -9.40. The quantitative estimate of drug-likeness (QED) is 0.530. The third kappa shape index (κ3) is 5.15. The minimum Gasteiger partial charge on any atom is -0.349 e. The maximum atomic E-state index is 12.9. The zero-order valence-electron chi connectivity index (χ0n) is 14.7. The first kappa shape index (κ1) is 22.8. The minimum absolute atomic E-state index is 0.0435. The second-order valence-corrected chi connectivity index (χ2v) is 9.27. The molecule has 0 bridgehead atoms. The Bertz CT molecular complexity index is 855. The lowest BCUT2D eigenvalue weighted by Gasteiger charge is -2.22. The molecule has 0 aliphatic rings. The summed E-state index contributed by atoms with van der Waals surface area (Å²) in [6.45, 7) is 3.92. The highest BCUT2D eigenvalue weighted by Crippen LogP contribution is 2.38. The fraction of sp³-hybridized carbons (Fsp3) is 0.438. The zero-order chi connectivity index (χ0) is 21.4. The lowest BCUT2D eigenvalue weighted by molar-refractivity contribution is -0.143. The van der Waals surface area contributed by atoms with Gasteiger partial charge < -0.3 is 4.90 Å². The fourth-order valence-electron chi connectivity index (χ4n) is 1.88. The predicted molar refractivity (Wildman–Crippen MR) is 87.2 cm³/mol. The van der Waals surface area contributed by atoms with Crippen LogP contribution in [0.4, 0.5) is 32.0 Å². The molecule has 0 saturated heterocycles. The van der Waals surface area contributed by atoms with Gasteiger partial charge in [-0.05, 0) is 39.0 Å². The molecule has 0 aliphatic carbocycles. The highest BCUT2D eigenvalue weighted by molar-refractivity contribution is 7.96. The van der Waals surface area contributed by atoms with Crippen molar-refractivity contribution in [3.05, 3.63) is 40.4 Å². The molecule has 1 aromatic rings. The lowest BCUT2D eigenvalue weighted by atomic mass is 10.1. The number of hydrogen-bond donors (Lipinski definition) is 0. The molecule has 0 saturated carbocycles. The molecule has 0 aromatic heterocycles. The number of halogens is 6. The standard InChI is InChI=1S/C16H16F6N2O2S/c1-14(2,3)27(25,26)13(8-23)9-24(4)12-6-10(15(17,18)19)5-11(7-12)16(20,21)22/h5-7,9H,1-4H3/b13-9+. The molecule has 0 aliphatic heterocycles. The average molecular weight is 414 g/mol. The SMILES string of the molecule is CN(/C=C(\C#N)S(=O)(=O)C(C)(C)C)c1cc(C(F)(F)F)cc(C(F)(F)F)c1. The van der Waals surface area contributed by atoms with Gasteiger partial charge >= 0.3 is 12.4 Å². The molecular formula is C16H16F6N2O2S. The van der Waals surface area contributed by atoms with Gasteiger partial charge in [0.25, 0.3) is 0 Å². The van der Waals surface area contributed by atoms with E-state index in [0.717, 1.165) is 11.9 Å². The Balaban J connectivity index is 3.59. The first-order chi connectivity index (χ1) is 11.9. The van der Waals surface area contributed by atoms with E-state index in [1.165, 1.54) is 26.8 Å². The van der Waals surface area contributed by atoms with Crippen LogP contribution in [-0.4, -0.2) is 20.2 Å². The third-order valence-electron chi connectivity index (χ3n) is 3.50. The molecule has 0 unspecified atom stereocenters. The van der Waals surface area contributed by atoms with Crippen molar-refractivity contribution >= 4 is 15.5 Å². The van der Waals surface area contributed by atoms with Crippen LogP contribution in [0.25, 0.3) is 0 Å². The van der Waals surface area contributed by atoms with Gasteiger partial charge in [-0.2, -0.15) is 31.6 Å². The minimum atomic E-state index is -5.05. The number of anilines is 1. The van der Waals surface area contributed by atoms with Crippen LogP contribution in [0.1, 0.15) is 31.9 Å². The van der Waals surface area contributed by atoms with E-state index in [1.807, 2.05) is 0 Å². The van der Waals surface area contributed by atoms with Gasteiger partial charge in [0.15, 0.2) is 14.7 Å². The number of benzene rings is 1. The second kappa shape index (κ2) is 7.07. The van der Waals surface area contributed by atoms with Crippen molar-refractivity contribution in [1.82, 2.24) is 0 Å². The molecule has 4 nitrogen and oxygen atoms in total. The Morgan fingerprint density at radius 1 is 1.00 bits per heavy atom. The summed E-state index contributed by atoms with van der Waals surface area (Å²) in [5.41, 5.74) is -3.68. The van der Waals surface area contributed by atoms with Crippen molar-refractivity contribution in [2.24, 2.45) is 0 Å². The molecular weight excluding hydrogens is 398 g/mol. The fourth-order valence-corrected chi connectivity index (χ4v) is 2.96. The zero-order valence-corrected chi connectivity index (χ0v) is 15.5. The summed E-state index contributed by atoms with van der Waals surface area (Å²) in [4.78, 5) is -0.0600. The van der Waals surface area contributed by atoms with Crippen LogP contribution in [0.5, 0.6) is 0 Å². The Morgan fingerprint density at radius 2 is 1.41 bits per heavy atom. The summed E-state index contributed by atoms with van der Waals surface area (Å²) in [5.74, 6) is 0. The van der Waals surface area contributed by atoms with E-state index in [1.54, 1.807) is 0 Å². The first-order valence-electron chi connectivity index (χ1n) is 7.30. The van der Waals surface area contributed by atoms with Gasteiger partial charge in [0, 0.05) is 18.9 Å². The van der Waals surface area contributed by atoms with Crippen molar-refractivity contribution in [3.8, 4) is 6.07 Å². The van der Waals surface area contributed by atoms with Gasteiger partial charge in [0.05, 0.1) is 15.9 Å². The monoisotopic (exact) mass is 414 g/mol. The molecule has 0 heterocycles. The average Bonchev–Trinajstić information content (AvgIpc) is 2.48. The number of hydrogen-bond acceptors (Lipinski definition) is 4. The van der Waals surface area contributed by atoms with Gasteiger partial charge in [0.2, 0.25) is 0 Å². The predicted octanol–water partition coefficient (Wildman–Crippen LogP) is 4.74. The second-order valence-electron chi connectivity index (χ2n) is 6.60. The van der Waals surface area contributed by atoms with Crippen molar-refractivity contribution in [2.45, 2.75) is 37.9 Å². The van der Waals surface area contributed by atoms with E-state index < -0.39 is 48.7 Å². The van der Waals surface area contributed by atoms with Gasteiger partial charge in [-0.25, -0.2) is 8.42 Å². The summed E-state index contributed by atoms with van der Waals surface area (Å²) in [6, 6.07) is 2.25. The number of sulfone groups is 1. The van der Waals surface area contributed by atoms with E-state index >= 15 is 0 Å². The summed E-state index contributed by atoms with van der Waals surface area (Å²) in [5, 5.41) is 9.10. The highest BCUT2D eigenvalue weighted by Gasteiger charge is 2.38. The molecule has 0 fully saturated rings. The molecule has 1 aromatic carbocycles. The normalized spacial score (nSPS) is 14.0. The van der Waals surface area contributed by atoms with E-state index in [2.05, 4.69) is 0 Å². The lowest BCUT2D eigenvalue weighted by Crippen LogP contribution is -2.29. The number of nitriles is 1. The highest BCUT2D eigenvalue weighted by atomic mass is 32.2. The largest absolute Gasteiger partial charge is 0.416 e. The van der Waals surface area contributed by atoms with E-state index in [4.69, 9.17) is 5.26 Å². The van der Waals surface area contributed by atoms with Gasteiger partial charge in [-0.1, -0.05) is 0 Å². The van der Waals surface area contributed by atoms with Crippen LogP contribution in [0, 0.1) is 11.3 Å². The third-order valence-corrected chi connectivity index (χ3v) is 5.88. The Hall–Kier alpha value is -2.22. The van der Waals surface area contributed by atoms with Gasteiger partial charge in [-0.15, -0.1) is 0 Å². The molecule has 0 atom stereocenters. The van der Waals surface area contributed by atoms with Crippen molar-refractivity contribution < 1.29 is 34.8 Å². The van der Waals surface area contributed by atoms with Crippen LogP contribution < -0.4 is 4.90 Å². The molecule has 0 N–H and O–H groups in total. The Kier molecular flexibility index (Phi) is 5.98. The van der Waals surface area contributed by atoms with Crippen LogP contribution in [-0.2, 0) is 22.2 Å². The summed E-state index contributed by atoms with van der Waals surface area (Å²) in [7, 11) is -3.11. The molecule has 0 radical (unpaired) electrons. The smallest absolute Gasteiger partial charge is 0.349 e. The van der Waals surface area contributed by atoms with E-state index in [0.29, 0.717) is 18.3 Å². The van der Waals surface area contributed by atoms with Gasteiger partial charge in [0.1, 0.15) is 6.07 Å². The molecule has 0 spiro atoms. The number of alkyl halides is 6. The Morgan fingerprint density at radius 3 is 1.70 bits per heavy atom. The molecule has 11 heteroatoms. The maximum Gasteiger partial charge on any atom is 0.416 e. The van der Waals surface area contributed by atoms with Crippen LogP contribution in [0.2, 0.25) is 0 Å². The van der Waals surface area contributed by atoms with Crippen molar-refractivity contribution in [3.63, 3.8) is 0 Å². The number of rotatable bonds is 3. The Labute approximate surface area is 152 Å². The maximum absolute atomic E-state index is 12.9. The van der Waals surface area contributed by atoms with Crippen LogP contribution >= 0.6 is 0 Å². The molecule has 27 heavy (non-hydrogen) atoms. The van der Waals surface area contributed by atoms with E-state index in [-0.39, 0.29) is 6.07 Å².